The highest BCUT2D eigenvalue weighted by atomic mass is 35.5. The lowest BCUT2D eigenvalue weighted by Crippen LogP contribution is -2.31. The quantitative estimate of drug-likeness (QED) is 0.529. The molecule has 2 aromatic carbocycles. The monoisotopic (exact) mass is 405 g/mol. The number of ether oxygens (including phenoxy) is 1. The van der Waals surface area contributed by atoms with Crippen LogP contribution in [-0.4, -0.2) is 30.0 Å². The standard InChI is InChI=1S/C20H20ClNO4S/c1-13(23)12-27-18-10-6-4-8-16(18)20(25)26-11-19(24)22-14(2)15-7-3-5-9-17(15)21/h3-10,14H,11-12H2,1-2H3,(H,22,24)/t14-/m1/s1. The molecule has 0 fully saturated rings. The number of rotatable bonds is 8. The number of esters is 1. The fraction of sp³-hybridized carbons (Fsp3) is 0.250. The molecule has 0 spiro atoms. The van der Waals surface area contributed by atoms with E-state index in [0.717, 1.165) is 5.56 Å². The van der Waals surface area contributed by atoms with Crippen LogP contribution in [0.25, 0.3) is 0 Å². The number of nitrogens with one attached hydrogen (secondary N) is 1. The van der Waals surface area contributed by atoms with Gasteiger partial charge in [-0.1, -0.05) is 41.9 Å². The van der Waals surface area contributed by atoms with Crippen LogP contribution in [0.5, 0.6) is 0 Å². The molecule has 0 aliphatic heterocycles. The van der Waals surface area contributed by atoms with Crippen molar-refractivity contribution in [2.75, 3.05) is 12.4 Å². The Labute approximate surface area is 167 Å². The van der Waals surface area contributed by atoms with Gasteiger partial charge in [-0.25, -0.2) is 4.79 Å². The van der Waals surface area contributed by atoms with Gasteiger partial charge in [0.2, 0.25) is 0 Å². The summed E-state index contributed by atoms with van der Waals surface area (Å²) in [6, 6.07) is 13.7. The van der Waals surface area contributed by atoms with Gasteiger partial charge in [0.05, 0.1) is 17.4 Å². The summed E-state index contributed by atoms with van der Waals surface area (Å²) in [4.78, 5) is 36.2. The molecule has 0 bridgehead atoms. The molecule has 2 aromatic rings. The number of amides is 1. The topological polar surface area (TPSA) is 72.5 Å². The molecule has 0 aliphatic rings. The lowest BCUT2D eigenvalue weighted by atomic mass is 10.1. The van der Waals surface area contributed by atoms with Crippen molar-refractivity contribution in [1.29, 1.82) is 0 Å². The van der Waals surface area contributed by atoms with Crippen LogP contribution in [0.4, 0.5) is 0 Å². The highest BCUT2D eigenvalue weighted by molar-refractivity contribution is 8.00. The largest absolute Gasteiger partial charge is 0.452 e. The number of thioether (sulfide) groups is 1. The minimum absolute atomic E-state index is 0.0103. The number of hydrogen-bond acceptors (Lipinski definition) is 5. The summed E-state index contributed by atoms with van der Waals surface area (Å²) >= 11 is 7.38. The molecule has 0 aromatic heterocycles. The molecule has 1 N–H and O–H groups in total. The van der Waals surface area contributed by atoms with Crippen molar-refractivity contribution in [3.05, 3.63) is 64.7 Å². The number of Topliss-reactive ketones (excluding diaryl/α,β-unsaturated/α-hetero) is 1. The van der Waals surface area contributed by atoms with E-state index >= 15 is 0 Å². The Bertz CT molecular complexity index is 840. The number of benzene rings is 2. The van der Waals surface area contributed by atoms with Crippen molar-refractivity contribution in [3.8, 4) is 0 Å². The second-order valence-corrected chi connectivity index (χ2v) is 7.30. The van der Waals surface area contributed by atoms with Crippen molar-refractivity contribution in [3.63, 3.8) is 0 Å². The smallest absolute Gasteiger partial charge is 0.339 e. The molecule has 27 heavy (non-hydrogen) atoms. The number of halogens is 1. The summed E-state index contributed by atoms with van der Waals surface area (Å²) in [6.45, 7) is 2.88. The van der Waals surface area contributed by atoms with E-state index in [1.54, 1.807) is 37.3 Å². The van der Waals surface area contributed by atoms with E-state index in [-0.39, 0.29) is 17.6 Å². The Hall–Kier alpha value is -2.31. The van der Waals surface area contributed by atoms with E-state index in [2.05, 4.69) is 5.32 Å². The molecule has 0 saturated heterocycles. The van der Waals surface area contributed by atoms with Crippen LogP contribution in [0.1, 0.15) is 35.8 Å². The van der Waals surface area contributed by atoms with Crippen LogP contribution >= 0.6 is 23.4 Å². The van der Waals surface area contributed by atoms with Crippen LogP contribution in [0.3, 0.4) is 0 Å². The van der Waals surface area contributed by atoms with E-state index in [1.807, 2.05) is 18.2 Å². The molecule has 1 atom stereocenters. The molecule has 142 valence electrons. The molecule has 0 unspecified atom stereocenters. The van der Waals surface area contributed by atoms with Crippen molar-refractivity contribution in [2.24, 2.45) is 0 Å². The maximum atomic E-state index is 12.3. The van der Waals surface area contributed by atoms with Crippen molar-refractivity contribution < 1.29 is 19.1 Å². The Morgan fingerprint density at radius 2 is 1.78 bits per heavy atom. The molecule has 5 nitrogen and oxygen atoms in total. The summed E-state index contributed by atoms with van der Waals surface area (Å²) in [5.41, 5.74) is 1.11. The maximum absolute atomic E-state index is 12.3. The molecular formula is C20H20ClNO4S. The SMILES string of the molecule is CC(=O)CSc1ccccc1C(=O)OCC(=O)N[C@H](C)c1ccccc1Cl. The second kappa shape index (κ2) is 10.1. The van der Waals surface area contributed by atoms with Gasteiger partial charge in [0.25, 0.3) is 5.91 Å². The summed E-state index contributed by atoms with van der Waals surface area (Å²) in [5, 5.41) is 3.30. The normalized spacial score (nSPS) is 11.5. The molecular weight excluding hydrogens is 386 g/mol. The average molecular weight is 406 g/mol. The number of ketones is 1. The van der Waals surface area contributed by atoms with Gasteiger partial charge in [-0.2, -0.15) is 0 Å². The Morgan fingerprint density at radius 3 is 2.48 bits per heavy atom. The molecule has 0 aliphatic carbocycles. The minimum Gasteiger partial charge on any atom is -0.452 e. The minimum atomic E-state index is -0.609. The first-order valence-electron chi connectivity index (χ1n) is 8.30. The van der Waals surface area contributed by atoms with Crippen LogP contribution in [0, 0.1) is 0 Å². The van der Waals surface area contributed by atoms with E-state index in [0.29, 0.717) is 15.5 Å². The summed E-state index contributed by atoms with van der Waals surface area (Å²) in [6.07, 6.45) is 0. The van der Waals surface area contributed by atoms with Gasteiger partial charge in [0, 0.05) is 9.92 Å². The van der Waals surface area contributed by atoms with Crippen molar-refractivity contribution in [2.45, 2.75) is 24.8 Å². The third-order valence-electron chi connectivity index (χ3n) is 3.62. The zero-order valence-corrected chi connectivity index (χ0v) is 16.6. The molecule has 2 rings (SSSR count). The Balaban J connectivity index is 1.92. The van der Waals surface area contributed by atoms with Gasteiger partial charge >= 0.3 is 5.97 Å². The predicted molar refractivity (Wildman–Crippen MR) is 106 cm³/mol. The van der Waals surface area contributed by atoms with E-state index in [4.69, 9.17) is 16.3 Å². The van der Waals surface area contributed by atoms with Gasteiger partial charge in [0.1, 0.15) is 5.78 Å². The number of carbonyl (C=O) groups excluding carboxylic acids is 3. The third kappa shape index (κ3) is 6.41. The molecule has 1 amide bonds. The summed E-state index contributed by atoms with van der Waals surface area (Å²) in [5.74, 6) is -0.761. The van der Waals surface area contributed by atoms with Gasteiger partial charge < -0.3 is 10.1 Å². The van der Waals surface area contributed by atoms with E-state index in [1.165, 1.54) is 18.7 Å². The highest BCUT2D eigenvalue weighted by Crippen LogP contribution is 2.24. The first-order chi connectivity index (χ1) is 12.9. The van der Waals surface area contributed by atoms with Crippen molar-refractivity contribution >= 4 is 41.0 Å². The first kappa shape index (κ1) is 21.0. The van der Waals surface area contributed by atoms with Crippen LogP contribution < -0.4 is 5.32 Å². The molecule has 0 saturated carbocycles. The van der Waals surface area contributed by atoms with Gasteiger partial charge in [0.15, 0.2) is 6.61 Å². The fourth-order valence-corrected chi connectivity index (χ4v) is 3.48. The van der Waals surface area contributed by atoms with Gasteiger partial charge in [-0.05, 0) is 37.6 Å². The van der Waals surface area contributed by atoms with Crippen LogP contribution in [-0.2, 0) is 14.3 Å². The van der Waals surface area contributed by atoms with Gasteiger partial charge in [-0.15, -0.1) is 11.8 Å². The lowest BCUT2D eigenvalue weighted by Gasteiger charge is -2.16. The van der Waals surface area contributed by atoms with Gasteiger partial charge in [-0.3, -0.25) is 9.59 Å². The lowest BCUT2D eigenvalue weighted by molar-refractivity contribution is -0.124. The zero-order chi connectivity index (χ0) is 19.8. The molecule has 0 radical (unpaired) electrons. The Morgan fingerprint density at radius 1 is 1.11 bits per heavy atom. The number of hydrogen-bond donors (Lipinski definition) is 1. The fourth-order valence-electron chi connectivity index (χ4n) is 2.34. The summed E-state index contributed by atoms with van der Waals surface area (Å²) in [7, 11) is 0. The van der Waals surface area contributed by atoms with E-state index < -0.39 is 18.5 Å². The van der Waals surface area contributed by atoms with Crippen LogP contribution in [0.15, 0.2) is 53.4 Å². The molecule has 0 heterocycles. The zero-order valence-electron chi connectivity index (χ0n) is 15.0. The van der Waals surface area contributed by atoms with Crippen molar-refractivity contribution in [1.82, 2.24) is 5.32 Å². The Kier molecular flexibility index (Phi) is 7.88. The first-order valence-corrected chi connectivity index (χ1v) is 9.67. The maximum Gasteiger partial charge on any atom is 0.339 e. The molecule has 7 heteroatoms. The second-order valence-electron chi connectivity index (χ2n) is 5.87. The predicted octanol–water partition coefficient (Wildman–Crippen LogP) is 4.06. The summed E-state index contributed by atoms with van der Waals surface area (Å²) < 4.78 is 5.12. The van der Waals surface area contributed by atoms with Crippen LogP contribution in [0.2, 0.25) is 5.02 Å². The third-order valence-corrected chi connectivity index (χ3v) is 5.18. The van der Waals surface area contributed by atoms with E-state index in [9.17, 15) is 14.4 Å². The average Bonchev–Trinajstić information content (AvgIpc) is 2.65. The highest BCUT2D eigenvalue weighted by Gasteiger charge is 2.17. The number of carbonyl (C=O) groups is 3.